The fourth-order valence-corrected chi connectivity index (χ4v) is 3.26. The Kier molecular flexibility index (Phi) is 3.70. The maximum Gasteiger partial charge on any atom is 0.239 e. The maximum atomic E-state index is 13.1. The van der Waals surface area contributed by atoms with Crippen molar-refractivity contribution >= 4 is 22.1 Å². The molecule has 0 saturated carbocycles. The minimum absolute atomic E-state index is 0.0713. The number of thiophene rings is 1. The van der Waals surface area contributed by atoms with Gasteiger partial charge in [-0.1, -0.05) is 17.3 Å². The Balaban J connectivity index is 1.77. The molecule has 0 unspecified atom stereocenters. The highest BCUT2D eigenvalue weighted by atomic mass is 32.2. The second-order valence-corrected chi connectivity index (χ2v) is 6.34. The van der Waals surface area contributed by atoms with Crippen LogP contribution in [0.1, 0.15) is 5.89 Å². The molecule has 0 bridgehead atoms. The Hall–Kier alpha value is -1.86. The van der Waals surface area contributed by atoms with Crippen LogP contribution in [0.4, 0.5) is 4.39 Å². The Morgan fingerprint density at radius 1 is 1.30 bits per heavy atom. The first-order chi connectivity index (χ1) is 9.72. The lowest BCUT2D eigenvalue weighted by Crippen LogP contribution is -1.97. The van der Waals surface area contributed by atoms with Crippen LogP contribution in [0.25, 0.3) is 10.7 Å². The summed E-state index contributed by atoms with van der Waals surface area (Å²) >= 11 is 1.50. The van der Waals surface area contributed by atoms with Crippen LogP contribution in [-0.4, -0.2) is 14.3 Å². The molecular weight excluding hydrogens is 299 g/mol. The molecule has 2 aromatic heterocycles. The summed E-state index contributed by atoms with van der Waals surface area (Å²) in [6.07, 6.45) is 0. The van der Waals surface area contributed by atoms with Gasteiger partial charge in [0.1, 0.15) is 11.6 Å². The summed E-state index contributed by atoms with van der Waals surface area (Å²) in [5.41, 5.74) is 0. The lowest BCUT2D eigenvalue weighted by Gasteiger charge is -1.98. The third kappa shape index (κ3) is 2.83. The molecule has 4 nitrogen and oxygen atoms in total. The van der Waals surface area contributed by atoms with Gasteiger partial charge in [0, 0.05) is 4.90 Å². The molecule has 2 heterocycles. The summed E-state index contributed by atoms with van der Waals surface area (Å²) in [6.45, 7) is 0. The van der Waals surface area contributed by atoms with E-state index in [0.717, 1.165) is 4.88 Å². The Labute approximate surface area is 120 Å². The lowest BCUT2D eigenvalue weighted by atomic mass is 10.4. The zero-order valence-electron chi connectivity index (χ0n) is 10.2. The molecule has 20 heavy (non-hydrogen) atoms. The van der Waals surface area contributed by atoms with Crippen LogP contribution >= 0.6 is 11.3 Å². The number of hydrogen-bond acceptors (Lipinski definition) is 5. The molecule has 0 amide bonds. The van der Waals surface area contributed by atoms with E-state index in [4.69, 9.17) is 4.52 Å². The first-order valence-electron chi connectivity index (χ1n) is 5.73. The van der Waals surface area contributed by atoms with E-state index in [9.17, 15) is 8.60 Å². The van der Waals surface area contributed by atoms with Crippen molar-refractivity contribution in [2.24, 2.45) is 0 Å². The van der Waals surface area contributed by atoms with Crippen LogP contribution in [0, 0.1) is 5.82 Å². The summed E-state index contributed by atoms with van der Waals surface area (Å²) in [6, 6.07) is 9.45. The van der Waals surface area contributed by atoms with Gasteiger partial charge in [-0.2, -0.15) is 4.98 Å². The average Bonchev–Trinajstić information content (AvgIpc) is 3.08. The Morgan fingerprint density at radius 2 is 2.20 bits per heavy atom. The quantitative estimate of drug-likeness (QED) is 0.742. The monoisotopic (exact) mass is 308 g/mol. The van der Waals surface area contributed by atoms with Gasteiger partial charge in [-0.15, -0.1) is 11.3 Å². The molecule has 0 spiro atoms. The normalized spacial score (nSPS) is 12.4. The number of rotatable bonds is 4. The molecular formula is C13H9FN2O2S2. The SMILES string of the molecule is O=[S@@](Cc1nc(-c2cccs2)no1)c1cccc(F)c1. The lowest BCUT2D eigenvalue weighted by molar-refractivity contribution is 0.391. The van der Waals surface area contributed by atoms with Crippen LogP contribution in [0.5, 0.6) is 0 Å². The first-order valence-corrected chi connectivity index (χ1v) is 7.92. The van der Waals surface area contributed by atoms with E-state index in [1.807, 2.05) is 17.5 Å². The van der Waals surface area contributed by atoms with E-state index in [-0.39, 0.29) is 11.6 Å². The fraction of sp³-hybridized carbons (Fsp3) is 0.0769. The van der Waals surface area contributed by atoms with Crippen molar-refractivity contribution in [3.05, 3.63) is 53.5 Å². The van der Waals surface area contributed by atoms with Crippen LogP contribution in [0.15, 0.2) is 51.2 Å². The average molecular weight is 308 g/mol. The summed E-state index contributed by atoms with van der Waals surface area (Å²) < 4.78 is 30.2. The minimum Gasteiger partial charge on any atom is -0.338 e. The molecule has 0 aliphatic heterocycles. The molecule has 102 valence electrons. The van der Waals surface area contributed by atoms with Crippen molar-refractivity contribution in [2.75, 3.05) is 0 Å². The van der Waals surface area contributed by atoms with Crippen LogP contribution in [-0.2, 0) is 16.6 Å². The number of benzene rings is 1. The highest BCUT2D eigenvalue weighted by Crippen LogP contribution is 2.22. The first kappa shape index (κ1) is 13.1. The third-order valence-electron chi connectivity index (χ3n) is 2.52. The number of hydrogen-bond donors (Lipinski definition) is 0. The van der Waals surface area contributed by atoms with Crippen molar-refractivity contribution in [1.29, 1.82) is 0 Å². The number of nitrogens with zero attached hydrogens (tertiary/aromatic N) is 2. The van der Waals surface area contributed by atoms with Gasteiger partial charge in [-0.05, 0) is 29.6 Å². The van der Waals surface area contributed by atoms with Gasteiger partial charge in [0.2, 0.25) is 11.7 Å². The highest BCUT2D eigenvalue weighted by molar-refractivity contribution is 7.84. The van der Waals surface area contributed by atoms with Gasteiger partial charge in [0.15, 0.2) is 0 Å². The number of aromatic nitrogens is 2. The predicted octanol–water partition coefficient (Wildman–Crippen LogP) is 3.25. The molecule has 0 saturated heterocycles. The Bertz CT molecular complexity index is 740. The molecule has 0 aliphatic rings. The maximum absolute atomic E-state index is 13.1. The third-order valence-corrected chi connectivity index (χ3v) is 4.68. The fourth-order valence-electron chi connectivity index (χ4n) is 1.62. The minimum atomic E-state index is -1.41. The molecule has 0 aliphatic carbocycles. The second kappa shape index (κ2) is 5.64. The smallest absolute Gasteiger partial charge is 0.239 e. The zero-order chi connectivity index (χ0) is 13.9. The van der Waals surface area contributed by atoms with E-state index in [2.05, 4.69) is 10.1 Å². The van der Waals surface area contributed by atoms with Crippen molar-refractivity contribution in [3.63, 3.8) is 0 Å². The number of halogens is 1. The summed E-state index contributed by atoms with van der Waals surface area (Å²) in [5, 5.41) is 5.75. The van der Waals surface area contributed by atoms with Gasteiger partial charge in [-0.3, -0.25) is 4.21 Å². The van der Waals surface area contributed by atoms with Crippen molar-refractivity contribution < 1.29 is 13.1 Å². The summed E-state index contributed by atoms with van der Waals surface area (Å²) in [7, 11) is -1.41. The second-order valence-electron chi connectivity index (χ2n) is 3.94. The van der Waals surface area contributed by atoms with Gasteiger partial charge >= 0.3 is 0 Å². The molecule has 0 N–H and O–H groups in total. The zero-order valence-corrected chi connectivity index (χ0v) is 11.8. The van der Waals surface area contributed by atoms with Gasteiger partial charge in [-0.25, -0.2) is 4.39 Å². The van der Waals surface area contributed by atoms with E-state index in [0.29, 0.717) is 10.7 Å². The van der Waals surface area contributed by atoms with Gasteiger partial charge < -0.3 is 4.52 Å². The molecule has 3 aromatic rings. The van der Waals surface area contributed by atoms with Crippen molar-refractivity contribution in [1.82, 2.24) is 10.1 Å². The van der Waals surface area contributed by atoms with E-state index in [1.165, 1.54) is 29.5 Å². The van der Waals surface area contributed by atoms with E-state index >= 15 is 0 Å². The van der Waals surface area contributed by atoms with Crippen molar-refractivity contribution in [3.8, 4) is 10.7 Å². The molecule has 3 rings (SSSR count). The highest BCUT2D eigenvalue weighted by Gasteiger charge is 2.13. The molecule has 0 fully saturated rings. The topological polar surface area (TPSA) is 56.0 Å². The summed E-state index contributed by atoms with van der Waals surface area (Å²) in [4.78, 5) is 5.48. The van der Waals surface area contributed by atoms with Gasteiger partial charge in [0.25, 0.3) is 0 Å². The molecule has 0 radical (unpaired) electrons. The molecule has 1 atom stereocenters. The predicted molar refractivity (Wildman–Crippen MR) is 74.1 cm³/mol. The standard InChI is InChI=1S/C13H9FN2O2S2/c14-9-3-1-4-10(7-9)20(17)8-12-15-13(16-18-12)11-5-2-6-19-11/h1-7H,8H2/t20-/m0/s1. The van der Waals surface area contributed by atoms with E-state index in [1.54, 1.807) is 6.07 Å². The van der Waals surface area contributed by atoms with Crippen LogP contribution < -0.4 is 0 Å². The van der Waals surface area contributed by atoms with Crippen LogP contribution in [0.2, 0.25) is 0 Å². The Morgan fingerprint density at radius 3 is 2.95 bits per heavy atom. The largest absolute Gasteiger partial charge is 0.338 e. The van der Waals surface area contributed by atoms with Gasteiger partial charge in [0.05, 0.1) is 15.7 Å². The van der Waals surface area contributed by atoms with Crippen molar-refractivity contribution in [2.45, 2.75) is 10.6 Å². The van der Waals surface area contributed by atoms with E-state index < -0.39 is 16.6 Å². The summed E-state index contributed by atoms with van der Waals surface area (Å²) in [5.74, 6) is 0.407. The van der Waals surface area contributed by atoms with Crippen LogP contribution in [0.3, 0.4) is 0 Å². The molecule has 1 aromatic carbocycles. The molecule has 7 heteroatoms.